The van der Waals surface area contributed by atoms with E-state index in [9.17, 15) is 10.1 Å². The molecule has 4 nitrogen and oxygen atoms in total. The molecule has 0 saturated heterocycles. The molecular weight excluding hydrogens is 256 g/mol. The van der Waals surface area contributed by atoms with Crippen LogP contribution in [0, 0.1) is 10.1 Å². The average Bonchev–Trinajstić information content (AvgIpc) is 2.08. The van der Waals surface area contributed by atoms with Gasteiger partial charge in [-0.25, -0.2) is 0 Å². The first-order chi connectivity index (χ1) is 6.15. The summed E-state index contributed by atoms with van der Waals surface area (Å²) in [5.41, 5.74) is 0.386. The van der Waals surface area contributed by atoms with Gasteiger partial charge in [0.15, 0.2) is 0 Å². The minimum absolute atomic E-state index is 0.0211. The third-order valence-electron chi connectivity index (χ3n) is 1.31. The first-order valence-electron chi connectivity index (χ1n) is 3.17. The lowest BCUT2D eigenvalue weighted by atomic mass is 10.3. The van der Waals surface area contributed by atoms with Crippen molar-refractivity contribution in [3.8, 4) is 0 Å². The number of aliphatic imine (C=N–C) groups is 1. The molecule has 0 unspecified atom stereocenters. The van der Waals surface area contributed by atoms with Crippen LogP contribution in [-0.4, -0.2) is 10.1 Å². The Balaban J connectivity index is 3.26. The van der Waals surface area contributed by atoms with E-state index in [1.807, 2.05) is 0 Å². The highest BCUT2D eigenvalue weighted by Gasteiger charge is 2.07. The number of hydrogen-bond acceptors (Lipinski definition) is 4. The Bertz CT molecular complexity index is 401. The third kappa shape index (κ3) is 2.42. The Kier molecular flexibility index (Phi) is 3.25. The van der Waals surface area contributed by atoms with Crippen LogP contribution in [0.25, 0.3) is 0 Å². The summed E-state index contributed by atoms with van der Waals surface area (Å²) in [5, 5.41) is 12.5. The molecule has 0 aliphatic heterocycles. The van der Waals surface area contributed by atoms with Crippen molar-refractivity contribution in [2.24, 2.45) is 4.99 Å². The number of nitro benzene ring substituents is 1. The summed E-state index contributed by atoms with van der Waals surface area (Å²) in [7, 11) is 0. The molecule has 0 aromatic heterocycles. The maximum absolute atomic E-state index is 10.4. The largest absolute Gasteiger partial charge is 0.271 e. The number of halogens is 1. The van der Waals surface area contributed by atoms with E-state index in [1.165, 1.54) is 12.1 Å². The monoisotopic (exact) mass is 258 g/mol. The summed E-state index contributed by atoms with van der Waals surface area (Å²) in [6.45, 7) is 0. The smallest absolute Gasteiger partial charge is 0.258 e. The minimum atomic E-state index is -0.491. The number of nitrogens with zero attached hydrogens (tertiary/aromatic N) is 2. The molecule has 0 fully saturated rings. The molecule has 1 aromatic carbocycles. The second kappa shape index (κ2) is 4.23. The second-order valence-corrected chi connectivity index (χ2v) is 3.13. The molecule has 6 heteroatoms. The molecule has 0 spiro atoms. The topological polar surface area (TPSA) is 55.5 Å². The van der Waals surface area contributed by atoms with E-state index in [1.54, 1.807) is 6.07 Å². The molecule has 1 rings (SSSR count). The van der Waals surface area contributed by atoms with Crippen LogP contribution in [0.2, 0.25) is 0 Å². The molecule has 0 N–H and O–H groups in total. The van der Waals surface area contributed by atoms with Gasteiger partial charge in [-0.3, -0.25) is 10.1 Å². The van der Waals surface area contributed by atoms with Gasteiger partial charge in [0.1, 0.15) is 0 Å². The number of benzene rings is 1. The lowest BCUT2D eigenvalue weighted by Crippen LogP contribution is -1.86. The highest BCUT2D eigenvalue weighted by Crippen LogP contribution is 2.28. The van der Waals surface area contributed by atoms with Gasteiger partial charge in [-0.2, -0.15) is 4.99 Å². The van der Waals surface area contributed by atoms with Gasteiger partial charge in [0.05, 0.1) is 15.8 Å². The van der Waals surface area contributed by atoms with E-state index in [2.05, 4.69) is 38.3 Å². The molecule has 0 radical (unpaired) electrons. The van der Waals surface area contributed by atoms with E-state index in [0.717, 1.165) is 0 Å². The van der Waals surface area contributed by atoms with Gasteiger partial charge in [-0.15, -0.1) is 0 Å². The van der Waals surface area contributed by atoms with Gasteiger partial charge in [-0.05, 0) is 34.2 Å². The molecule has 0 saturated carbocycles. The maximum atomic E-state index is 10.4. The molecule has 66 valence electrons. The van der Waals surface area contributed by atoms with Crippen molar-refractivity contribution in [2.45, 2.75) is 0 Å². The lowest BCUT2D eigenvalue weighted by molar-refractivity contribution is -0.384. The number of rotatable bonds is 2. The molecule has 0 atom stereocenters. The van der Waals surface area contributed by atoms with Crippen molar-refractivity contribution in [2.75, 3.05) is 0 Å². The van der Waals surface area contributed by atoms with Crippen molar-refractivity contribution < 1.29 is 4.92 Å². The zero-order valence-electron chi connectivity index (χ0n) is 6.23. The van der Waals surface area contributed by atoms with Gasteiger partial charge in [0, 0.05) is 16.6 Å². The van der Waals surface area contributed by atoms with Gasteiger partial charge in [0.25, 0.3) is 5.69 Å². The lowest BCUT2D eigenvalue weighted by Gasteiger charge is -1.95. The van der Waals surface area contributed by atoms with Crippen molar-refractivity contribution in [1.82, 2.24) is 0 Å². The van der Waals surface area contributed by atoms with Crippen LogP contribution in [0.5, 0.6) is 0 Å². The van der Waals surface area contributed by atoms with Crippen molar-refractivity contribution in [3.63, 3.8) is 0 Å². The normalized spacial score (nSPS) is 9.00. The first kappa shape index (κ1) is 9.98. The molecule has 0 aliphatic carbocycles. The quantitative estimate of drug-likeness (QED) is 0.355. The average molecular weight is 259 g/mol. The molecule has 1 aromatic rings. The van der Waals surface area contributed by atoms with Gasteiger partial charge >= 0.3 is 0 Å². The number of non-ortho nitro benzene ring substituents is 1. The molecule has 0 bridgehead atoms. The summed E-state index contributed by atoms with van der Waals surface area (Å²) in [4.78, 5) is 13.5. The summed E-state index contributed by atoms with van der Waals surface area (Å²) in [6, 6.07) is 4.25. The van der Waals surface area contributed by atoms with Crippen LogP contribution in [0.15, 0.2) is 27.7 Å². The van der Waals surface area contributed by atoms with E-state index < -0.39 is 4.92 Å². The van der Waals surface area contributed by atoms with Gasteiger partial charge in [-0.1, -0.05) is 0 Å². The fraction of sp³-hybridized carbons (Fsp3) is 0. The molecular formula is C7H3BrN2O2S. The molecule has 13 heavy (non-hydrogen) atoms. The van der Waals surface area contributed by atoms with Crippen LogP contribution >= 0.6 is 28.1 Å². The maximum Gasteiger partial charge on any atom is 0.271 e. The zero-order valence-corrected chi connectivity index (χ0v) is 8.63. The van der Waals surface area contributed by atoms with Gasteiger partial charge < -0.3 is 0 Å². The Labute approximate surface area is 87.6 Å². The predicted octanol–water partition coefficient (Wildman–Crippen LogP) is 3.09. The predicted molar refractivity (Wildman–Crippen MR) is 55.5 cm³/mol. The molecule has 0 amide bonds. The Morgan fingerprint density at radius 3 is 2.85 bits per heavy atom. The standard InChI is InChI=1S/C7H3BrN2O2S/c8-6-2-1-5(10(11)12)3-7(6)9-4-13/h1-3H. The van der Waals surface area contributed by atoms with E-state index >= 15 is 0 Å². The summed E-state index contributed by atoms with van der Waals surface area (Å²) in [5.74, 6) is 0. The Hall–Kier alpha value is -1.10. The minimum Gasteiger partial charge on any atom is -0.258 e. The van der Waals surface area contributed by atoms with E-state index in [-0.39, 0.29) is 5.69 Å². The summed E-state index contributed by atoms with van der Waals surface area (Å²) in [6.07, 6.45) is 0. The Morgan fingerprint density at radius 1 is 1.62 bits per heavy atom. The van der Waals surface area contributed by atoms with Crippen LogP contribution in [0.3, 0.4) is 0 Å². The Morgan fingerprint density at radius 2 is 2.31 bits per heavy atom. The van der Waals surface area contributed by atoms with Gasteiger partial charge in [0.2, 0.25) is 0 Å². The van der Waals surface area contributed by atoms with Crippen LogP contribution < -0.4 is 0 Å². The van der Waals surface area contributed by atoms with Crippen LogP contribution in [0.4, 0.5) is 11.4 Å². The number of hydrogen-bond donors (Lipinski definition) is 0. The highest BCUT2D eigenvalue weighted by molar-refractivity contribution is 9.10. The van der Waals surface area contributed by atoms with E-state index in [0.29, 0.717) is 10.2 Å². The summed E-state index contributed by atoms with van der Waals surface area (Å²) < 4.78 is 0.649. The number of nitro groups is 1. The van der Waals surface area contributed by atoms with E-state index in [4.69, 9.17) is 0 Å². The van der Waals surface area contributed by atoms with Crippen molar-refractivity contribution in [3.05, 3.63) is 32.8 Å². The fourth-order valence-corrected chi connectivity index (χ4v) is 1.18. The highest BCUT2D eigenvalue weighted by atomic mass is 79.9. The zero-order chi connectivity index (χ0) is 9.84. The SMILES string of the molecule is O=[N+]([O-])c1ccc(Br)c(N=C=S)c1. The van der Waals surface area contributed by atoms with Crippen LogP contribution in [0.1, 0.15) is 0 Å². The third-order valence-corrected chi connectivity index (χ3v) is 2.07. The number of thiocarbonyl (C=S) groups is 1. The first-order valence-corrected chi connectivity index (χ1v) is 4.37. The fourth-order valence-electron chi connectivity index (χ4n) is 0.749. The molecule has 0 aliphatic rings. The van der Waals surface area contributed by atoms with Crippen molar-refractivity contribution in [1.29, 1.82) is 0 Å². The van der Waals surface area contributed by atoms with Crippen LogP contribution in [-0.2, 0) is 0 Å². The summed E-state index contributed by atoms with van der Waals surface area (Å²) >= 11 is 7.57. The second-order valence-electron chi connectivity index (χ2n) is 2.10. The van der Waals surface area contributed by atoms with Crippen molar-refractivity contribution >= 4 is 44.7 Å². The number of isothiocyanates is 1. The molecule has 0 heterocycles.